The van der Waals surface area contributed by atoms with Crippen molar-refractivity contribution in [3.8, 4) is 11.1 Å². The van der Waals surface area contributed by atoms with Crippen LogP contribution in [0.25, 0.3) is 22.0 Å². The average molecular weight is 458 g/mol. The fourth-order valence-corrected chi connectivity index (χ4v) is 4.74. The number of nitrogens with zero attached hydrogens (tertiary/aromatic N) is 4. The Morgan fingerprint density at radius 2 is 1.81 bits per heavy atom. The Morgan fingerprint density at radius 3 is 2.48 bits per heavy atom. The van der Waals surface area contributed by atoms with Crippen LogP contribution in [0.15, 0.2) is 60.3 Å². The Kier molecular flexibility index (Phi) is 5.65. The second kappa shape index (κ2) is 8.26. The van der Waals surface area contributed by atoms with Crippen molar-refractivity contribution >= 4 is 44.3 Å². The number of sulfonamides is 1. The van der Waals surface area contributed by atoms with Crippen molar-refractivity contribution in [1.82, 2.24) is 14.9 Å². The molecule has 8 nitrogen and oxygen atoms in total. The highest BCUT2D eigenvalue weighted by atomic mass is 35.5. The van der Waals surface area contributed by atoms with E-state index in [1.165, 1.54) is 18.5 Å². The summed E-state index contributed by atoms with van der Waals surface area (Å²) < 4.78 is 24.1. The van der Waals surface area contributed by atoms with Gasteiger partial charge in [-0.15, -0.1) is 0 Å². The van der Waals surface area contributed by atoms with Crippen LogP contribution in [0.2, 0.25) is 5.02 Å². The highest BCUT2D eigenvalue weighted by molar-refractivity contribution is 7.89. The highest BCUT2D eigenvalue weighted by Gasteiger charge is 2.23. The minimum absolute atomic E-state index is 0.00598. The van der Waals surface area contributed by atoms with E-state index in [0.29, 0.717) is 53.7 Å². The fourth-order valence-electron chi connectivity index (χ4n) is 3.73. The summed E-state index contributed by atoms with van der Waals surface area (Å²) in [5, 5.41) is 6.49. The van der Waals surface area contributed by atoms with E-state index in [-0.39, 0.29) is 10.8 Å². The lowest BCUT2D eigenvalue weighted by atomic mass is 10.0. The van der Waals surface area contributed by atoms with Gasteiger partial charge in [0.15, 0.2) is 0 Å². The molecular formula is C21H20ClN5O3S. The van der Waals surface area contributed by atoms with Crippen LogP contribution < -0.4 is 10.0 Å². The first-order valence-electron chi connectivity index (χ1n) is 9.52. The normalized spacial score (nSPS) is 14.6. The van der Waals surface area contributed by atoms with Gasteiger partial charge in [-0.1, -0.05) is 36.4 Å². The predicted octanol–water partition coefficient (Wildman–Crippen LogP) is 2.43. The van der Waals surface area contributed by atoms with E-state index in [9.17, 15) is 13.2 Å². The van der Waals surface area contributed by atoms with Gasteiger partial charge in [-0.3, -0.25) is 4.79 Å². The lowest BCUT2D eigenvalue weighted by Crippen LogP contribution is -2.48. The Balaban J connectivity index is 1.75. The number of halogens is 1. The minimum Gasteiger partial charge on any atom is -0.352 e. The molecule has 0 aliphatic carbocycles. The molecule has 0 bridgehead atoms. The molecule has 4 rings (SSSR count). The molecular weight excluding hydrogens is 438 g/mol. The molecule has 0 spiro atoms. The van der Waals surface area contributed by atoms with Gasteiger partial charge < -0.3 is 9.80 Å². The molecule has 2 heterocycles. The molecule has 160 valence electrons. The van der Waals surface area contributed by atoms with Crippen LogP contribution in [0.4, 0.5) is 5.82 Å². The van der Waals surface area contributed by atoms with Crippen LogP contribution in [0.5, 0.6) is 0 Å². The smallest absolute Gasteiger partial charge is 0.246 e. The van der Waals surface area contributed by atoms with E-state index >= 15 is 0 Å². The number of benzene rings is 2. The quantitative estimate of drug-likeness (QED) is 0.602. The third-order valence-corrected chi connectivity index (χ3v) is 6.53. The SMILES string of the molecule is C=CC(=O)N1CCN(c2ncnc3cc(-c4ccccc4S(N)(=O)=O)c(Cl)cc23)CC1. The molecule has 0 saturated carbocycles. The first-order chi connectivity index (χ1) is 14.8. The van der Waals surface area contributed by atoms with Crippen LogP contribution in [0.3, 0.4) is 0 Å². The molecule has 10 heteroatoms. The summed E-state index contributed by atoms with van der Waals surface area (Å²) in [6.07, 6.45) is 2.78. The van der Waals surface area contributed by atoms with Gasteiger partial charge in [-0.25, -0.2) is 23.5 Å². The van der Waals surface area contributed by atoms with Crippen molar-refractivity contribution in [3.05, 3.63) is 60.4 Å². The van der Waals surface area contributed by atoms with Gasteiger partial charge in [0.25, 0.3) is 0 Å². The molecule has 1 fully saturated rings. The fraction of sp³-hybridized carbons (Fsp3) is 0.190. The van der Waals surface area contributed by atoms with Crippen molar-refractivity contribution in [2.75, 3.05) is 31.1 Å². The van der Waals surface area contributed by atoms with Crippen molar-refractivity contribution in [2.45, 2.75) is 4.90 Å². The summed E-state index contributed by atoms with van der Waals surface area (Å²) in [5.74, 6) is 0.622. The lowest BCUT2D eigenvalue weighted by Gasteiger charge is -2.35. The number of amides is 1. The van der Waals surface area contributed by atoms with Crippen LogP contribution in [0.1, 0.15) is 0 Å². The molecule has 1 aliphatic rings. The number of primary sulfonamides is 1. The molecule has 1 amide bonds. The van der Waals surface area contributed by atoms with E-state index in [0.717, 1.165) is 5.39 Å². The topological polar surface area (TPSA) is 109 Å². The monoisotopic (exact) mass is 457 g/mol. The van der Waals surface area contributed by atoms with Crippen LogP contribution in [0, 0.1) is 0 Å². The first kappa shape index (κ1) is 21.2. The number of fused-ring (bicyclic) bond motifs is 1. The highest BCUT2D eigenvalue weighted by Crippen LogP contribution is 2.37. The average Bonchev–Trinajstić information content (AvgIpc) is 2.77. The van der Waals surface area contributed by atoms with Crippen molar-refractivity contribution in [2.24, 2.45) is 5.14 Å². The van der Waals surface area contributed by atoms with E-state index in [2.05, 4.69) is 21.4 Å². The van der Waals surface area contributed by atoms with E-state index < -0.39 is 10.0 Å². The number of anilines is 1. The number of nitrogens with two attached hydrogens (primary N) is 1. The molecule has 0 atom stereocenters. The number of hydrogen-bond donors (Lipinski definition) is 1. The van der Waals surface area contributed by atoms with Crippen molar-refractivity contribution in [1.29, 1.82) is 0 Å². The van der Waals surface area contributed by atoms with Gasteiger partial charge in [-0.2, -0.15) is 0 Å². The summed E-state index contributed by atoms with van der Waals surface area (Å²) in [7, 11) is -3.93. The third-order valence-electron chi connectivity index (χ3n) is 5.25. The number of hydrogen-bond acceptors (Lipinski definition) is 6. The maximum Gasteiger partial charge on any atom is 0.246 e. The van der Waals surface area contributed by atoms with Crippen LogP contribution in [-0.2, 0) is 14.8 Å². The maximum atomic E-state index is 12.0. The standard InChI is InChI=1S/C21H20ClN5O3S/c1-2-20(28)26-7-9-27(10-8-26)21-16-11-17(22)15(12-18(16)24-13-25-21)14-5-3-4-6-19(14)31(23,29)30/h2-6,11-13H,1,7-10H2,(H2,23,29,30). The zero-order valence-corrected chi connectivity index (χ0v) is 18.1. The summed E-state index contributed by atoms with van der Waals surface area (Å²) >= 11 is 6.58. The minimum atomic E-state index is -3.93. The Hall–Kier alpha value is -3.01. The Morgan fingerprint density at radius 1 is 1.10 bits per heavy atom. The molecule has 3 aromatic rings. The predicted molar refractivity (Wildman–Crippen MR) is 120 cm³/mol. The Labute approximate surface area is 185 Å². The number of carbonyl (C=O) groups is 1. The molecule has 1 aliphatic heterocycles. The van der Waals surface area contributed by atoms with E-state index in [4.69, 9.17) is 16.7 Å². The van der Waals surface area contributed by atoms with E-state index in [1.54, 1.807) is 35.2 Å². The molecule has 1 aromatic heterocycles. The van der Waals surface area contributed by atoms with Gasteiger partial charge in [0.1, 0.15) is 12.1 Å². The van der Waals surface area contributed by atoms with Gasteiger partial charge in [0, 0.05) is 47.7 Å². The second-order valence-electron chi connectivity index (χ2n) is 7.10. The molecule has 2 N–H and O–H groups in total. The van der Waals surface area contributed by atoms with Gasteiger partial charge >= 0.3 is 0 Å². The first-order valence-corrected chi connectivity index (χ1v) is 11.4. The zero-order valence-electron chi connectivity index (χ0n) is 16.5. The van der Waals surface area contributed by atoms with Gasteiger partial charge in [0.05, 0.1) is 10.4 Å². The third kappa shape index (κ3) is 4.12. The van der Waals surface area contributed by atoms with Gasteiger partial charge in [-0.05, 0) is 24.3 Å². The molecule has 0 unspecified atom stereocenters. The van der Waals surface area contributed by atoms with Crippen LogP contribution >= 0.6 is 11.6 Å². The van der Waals surface area contributed by atoms with Crippen LogP contribution in [-0.4, -0.2) is 55.4 Å². The summed E-state index contributed by atoms with van der Waals surface area (Å²) in [4.78, 5) is 24.4. The number of piperazine rings is 1. The summed E-state index contributed by atoms with van der Waals surface area (Å²) in [5.41, 5.74) is 1.55. The number of rotatable bonds is 4. The van der Waals surface area contributed by atoms with Crippen molar-refractivity contribution in [3.63, 3.8) is 0 Å². The largest absolute Gasteiger partial charge is 0.352 e. The molecule has 2 aromatic carbocycles. The summed E-state index contributed by atoms with van der Waals surface area (Å²) in [6, 6.07) is 9.91. The van der Waals surface area contributed by atoms with Gasteiger partial charge in [0.2, 0.25) is 15.9 Å². The molecule has 1 saturated heterocycles. The lowest BCUT2D eigenvalue weighted by molar-refractivity contribution is -0.126. The summed E-state index contributed by atoms with van der Waals surface area (Å²) in [6.45, 7) is 5.87. The zero-order chi connectivity index (χ0) is 22.2. The maximum absolute atomic E-state index is 12.0. The molecule has 31 heavy (non-hydrogen) atoms. The second-order valence-corrected chi connectivity index (χ2v) is 9.04. The van der Waals surface area contributed by atoms with E-state index in [1.807, 2.05) is 0 Å². The van der Waals surface area contributed by atoms with Crippen molar-refractivity contribution < 1.29 is 13.2 Å². The number of carbonyl (C=O) groups excluding carboxylic acids is 1. The Bertz CT molecular complexity index is 1290. The number of aromatic nitrogens is 2. The molecule has 0 radical (unpaired) electrons.